The highest BCUT2D eigenvalue weighted by atomic mass is 16.4. The highest BCUT2D eigenvalue weighted by molar-refractivity contribution is 5.76. The van der Waals surface area contributed by atoms with Gasteiger partial charge in [0.2, 0.25) is 6.41 Å². The summed E-state index contributed by atoms with van der Waals surface area (Å²) in [5, 5.41) is 11.0. The molecular weight excluding hydrogens is 198 g/mol. The number of carboxylic acid groups (broad SMARTS) is 1. The third-order valence-corrected chi connectivity index (χ3v) is 2.15. The van der Waals surface area contributed by atoms with Crippen molar-refractivity contribution in [3.05, 3.63) is 18.2 Å². The summed E-state index contributed by atoms with van der Waals surface area (Å²) in [6, 6.07) is -0.843. The lowest BCUT2D eigenvalue weighted by atomic mass is 10.2. The molecule has 82 valence electrons. The number of aryl methyl sites for hydroxylation is 2. The summed E-state index contributed by atoms with van der Waals surface area (Å²) in [5.41, 5.74) is 0. The first kappa shape index (κ1) is 11.2. The molecule has 1 amide bonds. The Kier molecular flexibility index (Phi) is 3.84. The Morgan fingerprint density at radius 2 is 2.53 bits per heavy atom. The van der Waals surface area contributed by atoms with Crippen molar-refractivity contribution in [1.82, 2.24) is 14.9 Å². The van der Waals surface area contributed by atoms with E-state index in [1.807, 2.05) is 11.5 Å². The van der Waals surface area contributed by atoms with Gasteiger partial charge in [-0.15, -0.1) is 0 Å². The first-order valence-corrected chi connectivity index (χ1v) is 4.55. The largest absolute Gasteiger partial charge is 0.480 e. The summed E-state index contributed by atoms with van der Waals surface area (Å²) in [4.78, 5) is 24.9. The molecule has 0 aliphatic carbocycles. The fourth-order valence-electron chi connectivity index (χ4n) is 1.27. The molecule has 0 fully saturated rings. The van der Waals surface area contributed by atoms with E-state index in [9.17, 15) is 9.59 Å². The highest BCUT2D eigenvalue weighted by Crippen LogP contribution is 2.00. The van der Waals surface area contributed by atoms with Gasteiger partial charge in [0.1, 0.15) is 11.9 Å². The minimum atomic E-state index is -1.03. The lowest BCUT2D eigenvalue weighted by molar-refractivity contribution is -0.140. The summed E-state index contributed by atoms with van der Waals surface area (Å²) in [6.45, 7) is 2.35. The van der Waals surface area contributed by atoms with Crippen LogP contribution in [-0.2, 0) is 16.1 Å². The average Bonchev–Trinajstić information content (AvgIpc) is 2.58. The molecule has 1 aromatic heterocycles. The summed E-state index contributed by atoms with van der Waals surface area (Å²) in [5.74, 6) is -0.204. The predicted molar refractivity (Wildman–Crippen MR) is 52.2 cm³/mol. The van der Waals surface area contributed by atoms with Crippen molar-refractivity contribution in [2.45, 2.75) is 25.9 Å². The Balaban J connectivity index is 2.50. The van der Waals surface area contributed by atoms with Crippen LogP contribution in [0.1, 0.15) is 12.2 Å². The van der Waals surface area contributed by atoms with Crippen LogP contribution in [0.15, 0.2) is 12.4 Å². The molecule has 6 nitrogen and oxygen atoms in total. The van der Waals surface area contributed by atoms with Gasteiger partial charge in [0.05, 0.1) is 0 Å². The third-order valence-electron chi connectivity index (χ3n) is 2.15. The maximum absolute atomic E-state index is 10.7. The fourth-order valence-corrected chi connectivity index (χ4v) is 1.27. The standard InChI is InChI=1S/C9H13N3O3/c1-7-10-3-5-12(7)4-2-8(9(14)15)11-6-13/h3,5-6,8H,2,4H2,1H3,(H,11,13)(H,14,15). The van der Waals surface area contributed by atoms with Crippen LogP contribution in [0, 0.1) is 6.92 Å². The molecule has 1 atom stereocenters. The zero-order valence-electron chi connectivity index (χ0n) is 8.38. The van der Waals surface area contributed by atoms with E-state index in [-0.39, 0.29) is 0 Å². The first-order valence-electron chi connectivity index (χ1n) is 4.55. The van der Waals surface area contributed by atoms with Crippen molar-refractivity contribution < 1.29 is 14.7 Å². The van der Waals surface area contributed by atoms with Gasteiger partial charge in [0.15, 0.2) is 0 Å². The maximum Gasteiger partial charge on any atom is 0.326 e. The van der Waals surface area contributed by atoms with Gasteiger partial charge >= 0.3 is 5.97 Å². The number of carbonyl (C=O) groups is 2. The number of aliphatic carboxylic acids is 1. The molecule has 0 radical (unpaired) electrons. The molecule has 1 rings (SSSR count). The number of nitrogens with zero attached hydrogens (tertiary/aromatic N) is 2. The Labute approximate surface area is 86.9 Å². The first-order chi connectivity index (χ1) is 7.15. The minimum Gasteiger partial charge on any atom is -0.480 e. The van der Waals surface area contributed by atoms with Crippen LogP contribution < -0.4 is 5.32 Å². The molecule has 15 heavy (non-hydrogen) atoms. The second-order valence-corrected chi connectivity index (χ2v) is 3.13. The number of hydrogen-bond donors (Lipinski definition) is 2. The van der Waals surface area contributed by atoms with Gasteiger partial charge in [-0.05, 0) is 13.3 Å². The lowest BCUT2D eigenvalue weighted by Crippen LogP contribution is -2.36. The van der Waals surface area contributed by atoms with E-state index in [4.69, 9.17) is 5.11 Å². The Hall–Kier alpha value is -1.85. The van der Waals surface area contributed by atoms with E-state index in [0.717, 1.165) is 5.82 Å². The van der Waals surface area contributed by atoms with Crippen molar-refractivity contribution in [3.8, 4) is 0 Å². The van der Waals surface area contributed by atoms with Gasteiger partial charge in [0.25, 0.3) is 0 Å². The summed E-state index contributed by atoms with van der Waals surface area (Å²) >= 11 is 0. The van der Waals surface area contributed by atoms with Crippen molar-refractivity contribution in [2.24, 2.45) is 0 Å². The Bertz CT molecular complexity index is 348. The van der Waals surface area contributed by atoms with E-state index >= 15 is 0 Å². The summed E-state index contributed by atoms with van der Waals surface area (Å²) in [7, 11) is 0. The minimum absolute atomic E-state index is 0.339. The van der Waals surface area contributed by atoms with Crippen molar-refractivity contribution in [2.75, 3.05) is 0 Å². The van der Waals surface area contributed by atoms with Crippen molar-refractivity contribution in [3.63, 3.8) is 0 Å². The number of nitrogens with one attached hydrogen (secondary N) is 1. The van der Waals surface area contributed by atoms with Crippen molar-refractivity contribution in [1.29, 1.82) is 0 Å². The van der Waals surface area contributed by atoms with Gasteiger partial charge in [-0.25, -0.2) is 9.78 Å². The molecule has 0 aliphatic heterocycles. The second-order valence-electron chi connectivity index (χ2n) is 3.13. The Morgan fingerprint density at radius 1 is 1.80 bits per heavy atom. The van der Waals surface area contributed by atoms with Crippen LogP contribution in [-0.4, -0.2) is 33.1 Å². The predicted octanol–water partition coefficient (Wildman–Crippen LogP) is -0.219. The topological polar surface area (TPSA) is 84.2 Å². The number of amides is 1. The number of carbonyl (C=O) groups excluding carboxylic acids is 1. The van der Waals surface area contributed by atoms with E-state index in [1.165, 1.54) is 0 Å². The second kappa shape index (κ2) is 5.14. The summed E-state index contributed by atoms with van der Waals surface area (Å²) in [6.07, 6.45) is 4.16. The average molecular weight is 211 g/mol. The third kappa shape index (κ3) is 3.08. The molecule has 0 spiro atoms. The number of imidazole rings is 1. The lowest BCUT2D eigenvalue weighted by Gasteiger charge is -2.11. The molecule has 2 N–H and O–H groups in total. The summed E-state index contributed by atoms with van der Waals surface area (Å²) < 4.78 is 1.84. The van der Waals surface area contributed by atoms with Gasteiger partial charge in [-0.3, -0.25) is 4.79 Å². The SMILES string of the molecule is Cc1nccn1CCC(NC=O)C(=O)O. The van der Waals surface area contributed by atoms with Crippen LogP contribution >= 0.6 is 0 Å². The molecule has 0 aromatic carbocycles. The normalized spacial score (nSPS) is 12.1. The van der Waals surface area contributed by atoms with Crippen LogP contribution in [0.4, 0.5) is 0 Å². The van der Waals surface area contributed by atoms with Crippen LogP contribution in [0.2, 0.25) is 0 Å². The van der Waals surface area contributed by atoms with Crippen molar-refractivity contribution >= 4 is 12.4 Å². The number of rotatable bonds is 6. The number of hydrogen-bond acceptors (Lipinski definition) is 3. The number of carboxylic acids is 1. The maximum atomic E-state index is 10.7. The fraction of sp³-hybridized carbons (Fsp3) is 0.444. The molecule has 1 aromatic rings. The molecule has 1 heterocycles. The Morgan fingerprint density at radius 3 is 3.00 bits per heavy atom. The van der Waals surface area contributed by atoms with Gasteiger partial charge < -0.3 is 15.0 Å². The molecule has 1 unspecified atom stereocenters. The zero-order valence-corrected chi connectivity index (χ0v) is 8.38. The zero-order chi connectivity index (χ0) is 11.3. The van der Waals surface area contributed by atoms with E-state index < -0.39 is 12.0 Å². The monoisotopic (exact) mass is 211 g/mol. The van der Waals surface area contributed by atoms with Gasteiger partial charge in [0, 0.05) is 18.9 Å². The highest BCUT2D eigenvalue weighted by Gasteiger charge is 2.15. The van der Waals surface area contributed by atoms with Gasteiger partial charge in [-0.2, -0.15) is 0 Å². The van der Waals surface area contributed by atoms with Crippen LogP contribution in [0.3, 0.4) is 0 Å². The number of aromatic nitrogens is 2. The quantitative estimate of drug-likeness (QED) is 0.637. The molecule has 0 saturated carbocycles. The molecule has 6 heteroatoms. The molecule has 0 saturated heterocycles. The van der Waals surface area contributed by atoms with Crippen LogP contribution in [0.5, 0.6) is 0 Å². The molecule has 0 aliphatic rings. The van der Waals surface area contributed by atoms with E-state index in [2.05, 4.69) is 10.3 Å². The van der Waals surface area contributed by atoms with Crippen LogP contribution in [0.25, 0.3) is 0 Å². The van der Waals surface area contributed by atoms with E-state index in [0.29, 0.717) is 19.4 Å². The molecule has 0 bridgehead atoms. The van der Waals surface area contributed by atoms with Gasteiger partial charge in [-0.1, -0.05) is 0 Å². The molecular formula is C9H13N3O3. The smallest absolute Gasteiger partial charge is 0.326 e. The van der Waals surface area contributed by atoms with E-state index in [1.54, 1.807) is 12.4 Å².